The molecule has 1 heterocycles. The summed E-state index contributed by atoms with van der Waals surface area (Å²) in [5, 5.41) is 6.05. The van der Waals surface area contributed by atoms with E-state index in [1.165, 1.54) is 0 Å². The highest BCUT2D eigenvalue weighted by molar-refractivity contribution is 5.76. The molecule has 1 aliphatic rings. The molecule has 0 aliphatic carbocycles. The van der Waals surface area contributed by atoms with E-state index in [2.05, 4.69) is 10.6 Å². The molecule has 1 aliphatic heterocycles. The van der Waals surface area contributed by atoms with Crippen molar-refractivity contribution in [3.8, 4) is 0 Å². The summed E-state index contributed by atoms with van der Waals surface area (Å²) in [7, 11) is 0. The van der Waals surface area contributed by atoms with E-state index in [0.717, 1.165) is 39.3 Å². The first-order valence-corrected chi connectivity index (χ1v) is 5.38. The van der Waals surface area contributed by atoms with Crippen molar-refractivity contribution in [3.05, 3.63) is 0 Å². The van der Waals surface area contributed by atoms with Crippen molar-refractivity contribution in [2.24, 2.45) is 5.92 Å². The third-order valence-electron chi connectivity index (χ3n) is 2.39. The Morgan fingerprint density at radius 3 is 3.07 bits per heavy atom. The van der Waals surface area contributed by atoms with Gasteiger partial charge in [-0.25, -0.2) is 0 Å². The monoisotopic (exact) mass is 200 g/mol. The zero-order valence-electron chi connectivity index (χ0n) is 8.84. The lowest BCUT2D eigenvalue weighted by molar-refractivity contribution is -0.121. The van der Waals surface area contributed by atoms with Crippen LogP contribution in [0.4, 0.5) is 0 Å². The van der Waals surface area contributed by atoms with Gasteiger partial charge in [-0.05, 0) is 13.0 Å². The van der Waals surface area contributed by atoms with E-state index in [1.54, 1.807) is 0 Å². The number of rotatable bonds is 6. The van der Waals surface area contributed by atoms with Crippen molar-refractivity contribution < 1.29 is 9.53 Å². The molecule has 1 atom stereocenters. The molecule has 14 heavy (non-hydrogen) atoms. The lowest BCUT2D eigenvalue weighted by Crippen LogP contribution is -2.31. The molecule has 1 rings (SSSR count). The number of hydrogen-bond donors (Lipinski definition) is 2. The molecule has 0 saturated carbocycles. The first kappa shape index (κ1) is 11.5. The topological polar surface area (TPSA) is 50.4 Å². The fourth-order valence-electron chi connectivity index (χ4n) is 1.47. The maximum atomic E-state index is 11.3. The minimum atomic E-state index is 0.137. The molecule has 1 fully saturated rings. The maximum Gasteiger partial charge on any atom is 0.221 e. The minimum absolute atomic E-state index is 0.137. The lowest BCUT2D eigenvalue weighted by Gasteiger charge is -2.09. The Bertz CT molecular complexity index is 168. The maximum absolute atomic E-state index is 11.3. The van der Waals surface area contributed by atoms with Crippen LogP contribution < -0.4 is 10.6 Å². The molecule has 0 aromatic heterocycles. The molecule has 4 nitrogen and oxygen atoms in total. The first-order chi connectivity index (χ1) is 6.83. The van der Waals surface area contributed by atoms with Gasteiger partial charge in [-0.2, -0.15) is 0 Å². The van der Waals surface area contributed by atoms with Gasteiger partial charge in [0.15, 0.2) is 0 Å². The number of carbonyl (C=O) groups is 1. The van der Waals surface area contributed by atoms with Gasteiger partial charge in [0, 0.05) is 32.0 Å². The van der Waals surface area contributed by atoms with Crippen molar-refractivity contribution in [2.75, 3.05) is 32.8 Å². The van der Waals surface area contributed by atoms with Crippen molar-refractivity contribution in [1.29, 1.82) is 0 Å². The Labute approximate surface area is 85.4 Å². The molecule has 1 saturated heterocycles. The molecule has 0 radical (unpaired) electrons. The Hall–Kier alpha value is -0.610. The Morgan fingerprint density at radius 1 is 1.57 bits per heavy atom. The van der Waals surface area contributed by atoms with Crippen LogP contribution in [0.3, 0.4) is 0 Å². The molecule has 1 unspecified atom stereocenters. The third kappa shape index (κ3) is 4.58. The second-order valence-electron chi connectivity index (χ2n) is 3.64. The smallest absolute Gasteiger partial charge is 0.221 e. The van der Waals surface area contributed by atoms with Crippen LogP contribution in [0.15, 0.2) is 0 Å². The number of ether oxygens (including phenoxy) is 1. The summed E-state index contributed by atoms with van der Waals surface area (Å²) in [4.78, 5) is 11.3. The van der Waals surface area contributed by atoms with E-state index in [-0.39, 0.29) is 5.91 Å². The van der Waals surface area contributed by atoms with Gasteiger partial charge in [-0.15, -0.1) is 0 Å². The van der Waals surface area contributed by atoms with E-state index in [1.807, 2.05) is 6.92 Å². The van der Waals surface area contributed by atoms with Crippen LogP contribution in [-0.2, 0) is 9.53 Å². The van der Waals surface area contributed by atoms with Gasteiger partial charge < -0.3 is 15.4 Å². The van der Waals surface area contributed by atoms with Crippen molar-refractivity contribution in [3.63, 3.8) is 0 Å². The molecule has 0 aromatic rings. The zero-order chi connectivity index (χ0) is 10.2. The molecule has 2 N–H and O–H groups in total. The van der Waals surface area contributed by atoms with Crippen LogP contribution in [0.5, 0.6) is 0 Å². The van der Waals surface area contributed by atoms with E-state index in [4.69, 9.17) is 4.74 Å². The molecule has 0 spiro atoms. The lowest BCUT2D eigenvalue weighted by atomic mass is 10.1. The molecule has 0 aromatic carbocycles. The van der Waals surface area contributed by atoms with Gasteiger partial charge in [0.25, 0.3) is 0 Å². The van der Waals surface area contributed by atoms with E-state index in [9.17, 15) is 4.79 Å². The SMILES string of the molecule is CCNCCC(=O)NCC1CCOC1. The summed E-state index contributed by atoms with van der Waals surface area (Å²) in [5.41, 5.74) is 0. The molecular formula is C10H20N2O2. The highest BCUT2D eigenvalue weighted by Gasteiger charge is 2.15. The Balaban J connectivity index is 1.96. The molecule has 4 heteroatoms. The van der Waals surface area contributed by atoms with Crippen LogP contribution in [0.1, 0.15) is 19.8 Å². The summed E-state index contributed by atoms with van der Waals surface area (Å²) in [6, 6.07) is 0. The molecule has 82 valence electrons. The van der Waals surface area contributed by atoms with Gasteiger partial charge in [-0.3, -0.25) is 4.79 Å². The van der Waals surface area contributed by atoms with Gasteiger partial charge >= 0.3 is 0 Å². The van der Waals surface area contributed by atoms with Gasteiger partial charge in [0.2, 0.25) is 5.91 Å². The quantitative estimate of drug-likeness (QED) is 0.600. The van der Waals surface area contributed by atoms with Crippen LogP contribution in [0.25, 0.3) is 0 Å². The molecular weight excluding hydrogens is 180 g/mol. The van der Waals surface area contributed by atoms with E-state index >= 15 is 0 Å². The van der Waals surface area contributed by atoms with Crippen LogP contribution in [-0.4, -0.2) is 38.8 Å². The molecule has 0 bridgehead atoms. The highest BCUT2D eigenvalue weighted by Crippen LogP contribution is 2.10. The van der Waals surface area contributed by atoms with Crippen molar-refractivity contribution in [1.82, 2.24) is 10.6 Å². The first-order valence-electron chi connectivity index (χ1n) is 5.38. The largest absolute Gasteiger partial charge is 0.381 e. The Kier molecular flexibility index (Phi) is 5.56. The second kappa shape index (κ2) is 6.79. The van der Waals surface area contributed by atoms with Gasteiger partial charge in [0.1, 0.15) is 0 Å². The average Bonchev–Trinajstić information content (AvgIpc) is 2.68. The number of amides is 1. The normalized spacial score (nSPS) is 21.1. The summed E-state index contributed by atoms with van der Waals surface area (Å²) in [6.07, 6.45) is 1.65. The van der Waals surface area contributed by atoms with Crippen LogP contribution >= 0.6 is 0 Å². The third-order valence-corrected chi connectivity index (χ3v) is 2.39. The fraction of sp³-hybridized carbons (Fsp3) is 0.900. The number of nitrogens with one attached hydrogen (secondary N) is 2. The summed E-state index contributed by atoms with van der Waals surface area (Å²) in [5.74, 6) is 0.663. The van der Waals surface area contributed by atoms with Crippen molar-refractivity contribution >= 4 is 5.91 Å². The Morgan fingerprint density at radius 2 is 2.43 bits per heavy atom. The predicted molar refractivity (Wildman–Crippen MR) is 55.1 cm³/mol. The highest BCUT2D eigenvalue weighted by atomic mass is 16.5. The summed E-state index contributed by atoms with van der Waals surface area (Å²) in [6.45, 7) is 6.14. The zero-order valence-corrected chi connectivity index (χ0v) is 8.84. The number of hydrogen-bond acceptors (Lipinski definition) is 3. The molecule has 1 amide bonds. The number of carbonyl (C=O) groups excluding carboxylic acids is 1. The average molecular weight is 200 g/mol. The van der Waals surface area contributed by atoms with Gasteiger partial charge in [-0.1, -0.05) is 6.92 Å². The second-order valence-corrected chi connectivity index (χ2v) is 3.64. The van der Waals surface area contributed by atoms with Gasteiger partial charge in [0.05, 0.1) is 6.61 Å². The predicted octanol–water partition coefficient (Wildman–Crippen LogP) is 0.139. The fourth-order valence-corrected chi connectivity index (χ4v) is 1.47. The summed E-state index contributed by atoms with van der Waals surface area (Å²) >= 11 is 0. The van der Waals surface area contributed by atoms with E-state index in [0.29, 0.717) is 12.3 Å². The van der Waals surface area contributed by atoms with E-state index < -0.39 is 0 Å². The minimum Gasteiger partial charge on any atom is -0.381 e. The van der Waals surface area contributed by atoms with Crippen LogP contribution in [0, 0.1) is 5.92 Å². The van der Waals surface area contributed by atoms with Crippen molar-refractivity contribution in [2.45, 2.75) is 19.8 Å². The summed E-state index contributed by atoms with van der Waals surface area (Å²) < 4.78 is 5.22. The van der Waals surface area contributed by atoms with Crippen LogP contribution in [0.2, 0.25) is 0 Å². The standard InChI is InChI=1S/C10H20N2O2/c1-2-11-5-3-10(13)12-7-9-4-6-14-8-9/h9,11H,2-8H2,1H3,(H,12,13).